The monoisotopic (exact) mass is 460 g/mol. The number of alkyl halides is 2. The van der Waals surface area contributed by atoms with E-state index in [1.54, 1.807) is 18.2 Å². The zero-order valence-electron chi connectivity index (χ0n) is 19.1. The minimum absolute atomic E-state index is 0.0888. The second kappa shape index (κ2) is 10.4. The van der Waals surface area contributed by atoms with Gasteiger partial charge in [-0.3, -0.25) is 0 Å². The van der Waals surface area contributed by atoms with Crippen LogP contribution in [-0.4, -0.2) is 6.10 Å². The first-order chi connectivity index (χ1) is 15.8. The molecule has 0 bridgehead atoms. The lowest BCUT2D eigenvalue weighted by Gasteiger charge is -2.31. The Balaban J connectivity index is 1.21. The summed E-state index contributed by atoms with van der Waals surface area (Å²) >= 11 is 0. The van der Waals surface area contributed by atoms with Crippen LogP contribution in [0.1, 0.15) is 74.0 Å². The maximum atomic E-state index is 14.5. The van der Waals surface area contributed by atoms with Gasteiger partial charge in [0.1, 0.15) is 0 Å². The molecule has 0 N–H and O–H groups in total. The maximum absolute atomic E-state index is 14.5. The number of ether oxygens (including phenoxy) is 1. The molecule has 2 aliphatic carbocycles. The summed E-state index contributed by atoms with van der Waals surface area (Å²) in [5.41, 5.74) is 1.74. The summed E-state index contributed by atoms with van der Waals surface area (Å²) in [6.45, 7) is 1.87. The molecule has 4 rings (SSSR count). The Morgan fingerprint density at radius 1 is 0.758 bits per heavy atom. The van der Waals surface area contributed by atoms with Gasteiger partial charge in [-0.1, -0.05) is 48.0 Å². The predicted molar refractivity (Wildman–Crippen MR) is 122 cm³/mol. The molecule has 1 nitrogen and oxygen atoms in total. The third-order valence-electron chi connectivity index (χ3n) is 7.26. The average molecular weight is 461 g/mol. The van der Waals surface area contributed by atoms with Crippen molar-refractivity contribution in [3.05, 3.63) is 82.9 Å². The van der Waals surface area contributed by atoms with Gasteiger partial charge < -0.3 is 4.74 Å². The van der Waals surface area contributed by atoms with Crippen LogP contribution >= 0.6 is 0 Å². The standard InChI is InChI=1S/C28H32F4O/c1-19-2-13-24(14-3-19)28(31,32)33-25-15-8-21(9-16-25)5-4-20-6-10-22(11-7-20)23-12-17-26(29)27(30)18-23/h2-5,12-14,17-18,20-22,25H,6-11,15-16H2,1H3/b5-4+. The Hall–Kier alpha value is -2.14. The zero-order chi connectivity index (χ0) is 23.4. The molecule has 2 saturated carbocycles. The van der Waals surface area contributed by atoms with Crippen LogP contribution in [0, 0.1) is 30.4 Å². The molecule has 0 heterocycles. The number of hydrogen-bond donors (Lipinski definition) is 0. The molecular weight excluding hydrogens is 428 g/mol. The summed E-state index contributed by atoms with van der Waals surface area (Å²) in [6.07, 6.45) is 7.85. The van der Waals surface area contributed by atoms with E-state index in [1.165, 1.54) is 24.3 Å². The SMILES string of the molecule is Cc1ccc(C(F)(F)OC2CCC(/C=C/C3CCC(c4ccc(F)c(F)c4)CC3)CC2)cc1. The Kier molecular flexibility index (Phi) is 7.58. The molecule has 0 radical (unpaired) electrons. The second-order valence-corrected chi connectivity index (χ2v) is 9.71. The van der Waals surface area contributed by atoms with Crippen LogP contribution in [0.25, 0.3) is 0 Å². The highest BCUT2D eigenvalue weighted by atomic mass is 19.3. The van der Waals surface area contributed by atoms with Crippen molar-refractivity contribution >= 4 is 0 Å². The highest BCUT2D eigenvalue weighted by molar-refractivity contribution is 5.24. The van der Waals surface area contributed by atoms with E-state index >= 15 is 0 Å². The van der Waals surface area contributed by atoms with Crippen molar-refractivity contribution in [2.75, 3.05) is 0 Å². The summed E-state index contributed by atoms with van der Waals surface area (Å²) < 4.78 is 60.9. The van der Waals surface area contributed by atoms with E-state index in [1.807, 2.05) is 6.92 Å². The van der Waals surface area contributed by atoms with Gasteiger partial charge in [-0.05, 0) is 93.7 Å². The highest BCUT2D eigenvalue weighted by Gasteiger charge is 2.37. The van der Waals surface area contributed by atoms with Crippen molar-refractivity contribution in [2.45, 2.75) is 76.4 Å². The van der Waals surface area contributed by atoms with Gasteiger partial charge in [0.15, 0.2) is 11.6 Å². The van der Waals surface area contributed by atoms with Crippen molar-refractivity contribution in [3.63, 3.8) is 0 Å². The minimum Gasteiger partial charge on any atom is -0.313 e. The molecule has 0 spiro atoms. The lowest BCUT2D eigenvalue weighted by molar-refractivity contribution is -0.277. The number of halogens is 4. The third kappa shape index (κ3) is 6.26. The molecule has 2 aliphatic rings. The molecule has 178 valence electrons. The van der Waals surface area contributed by atoms with Crippen LogP contribution in [-0.2, 0) is 10.8 Å². The molecule has 5 heteroatoms. The molecule has 0 amide bonds. The van der Waals surface area contributed by atoms with Crippen molar-refractivity contribution in [1.29, 1.82) is 0 Å². The summed E-state index contributed by atoms with van der Waals surface area (Å²) in [6, 6.07) is 10.5. The summed E-state index contributed by atoms with van der Waals surface area (Å²) in [4.78, 5) is 0. The average Bonchev–Trinajstić information content (AvgIpc) is 2.81. The fraction of sp³-hybridized carbons (Fsp3) is 0.500. The van der Waals surface area contributed by atoms with Crippen LogP contribution in [0.15, 0.2) is 54.6 Å². The Morgan fingerprint density at radius 2 is 1.33 bits per heavy atom. The molecule has 0 aromatic heterocycles. The fourth-order valence-electron chi connectivity index (χ4n) is 5.15. The third-order valence-corrected chi connectivity index (χ3v) is 7.26. The second-order valence-electron chi connectivity index (χ2n) is 9.71. The van der Waals surface area contributed by atoms with E-state index in [9.17, 15) is 17.6 Å². The van der Waals surface area contributed by atoms with Crippen LogP contribution in [0.2, 0.25) is 0 Å². The van der Waals surface area contributed by atoms with E-state index in [0.29, 0.717) is 24.7 Å². The van der Waals surface area contributed by atoms with Crippen LogP contribution in [0.3, 0.4) is 0 Å². The lowest BCUT2D eigenvalue weighted by Crippen LogP contribution is -2.29. The summed E-state index contributed by atoms with van der Waals surface area (Å²) in [5, 5.41) is 0. The number of aryl methyl sites for hydroxylation is 1. The number of benzene rings is 2. The highest BCUT2D eigenvalue weighted by Crippen LogP contribution is 2.39. The smallest absolute Gasteiger partial charge is 0.313 e. The van der Waals surface area contributed by atoms with Crippen molar-refractivity contribution in [3.8, 4) is 0 Å². The molecule has 2 aromatic rings. The molecule has 0 atom stereocenters. The quantitative estimate of drug-likeness (QED) is 0.310. The van der Waals surface area contributed by atoms with Gasteiger partial charge in [-0.2, -0.15) is 8.78 Å². The van der Waals surface area contributed by atoms with Gasteiger partial charge in [0.05, 0.1) is 11.7 Å². The van der Waals surface area contributed by atoms with E-state index < -0.39 is 23.8 Å². The van der Waals surface area contributed by atoms with Gasteiger partial charge in [0.25, 0.3) is 0 Å². The summed E-state index contributed by atoms with van der Waals surface area (Å²) in [5.74, 6) is -0.388. The van der Waals surface area contributed by atoms with Gasteiger partial charge in [0, 0.05) is 0 Å². The molecule has 2 aromatic carbocycles. The number of rotatable bonds is 6. The molecular formula is C28H32F4O. The first-order valence-electron chi connectivity index (χ1n) is 12.1. The molecule has 2 fully saturated rings. The van der Waals surface area contributed by atoms with Gasteiger partial charge in [0.2, 0.25) is 0 Å². The van der Waals surface area contributed by atoms with Crippen LogP contribution in [0.5, 0.6) is 0 Å². The van der Waals surface area contributed by atoms with E-state index in [4.69, 9.17) is 4.74 Å². The van der Waals surface area contributed by atoms with E-state index in [-0.39, 0.29) is 11.5 Å². The Bertz CT molecular complexity index is 937. The first-order valence-corrected chi connectivity index (χ1v) is 12.1. The van der Waals surface area contributed by atoms with E-state index in [2.05, 4.69) is 12.2 Å². The van der Waals surface area contributed by atoms with Gasteiger partial charge in [-0.15, -0.1) is 0 Å². The first kappa shape index (κ1) is 24.0. The van der Waals surface area contributed by atoms with Gasteiger partial charge in [-0.25, -0.2) is 8.78 Å². The molecule has 0 aliphatic heterocycles. The fourth-order valence-corrected chi connectivity index (χ4v) is 5.15. The van der Waals surface area contributed by atoms with E-state index in [0.717, 1.165) is 49.7 Å². The normalized spacial score (nSPS) is 26.6. The minimum atomic E-state index is -3.26. The number of hydrogen-bond acceptors (Lipinski definition) is 1. The maximum Gasteiger partial charge on any atom is 0.383 e. The van der Waals surface area contributed by atoms with Crippen molar-refractivity contribution < 1.29 is 22.3 Å². The molecule has 33 heavy (non-hydrogen) atoms. The Labute approximate surface area is 193 Å². The Morgan fingerprint density at radius 3 is 1.91 bits per heavy atom. The largest absolute Gasteiger partial charge is 0.383 e. The van der Waals surface area contributed by atoms with Gasteiger partial charge >= 0.3 is 6.11 Å². The van der Waals surface area contributed by atoms with Crippen molar-refractivity contribution in [2.24, 2.45) is 11.8 Å². The van der Waals surface area contributed by atoms with Crippen molar-refractivity contribution in [1.82, 2.24) is 0 Å². The molecule has 0 unspecified atom stereocenters. The molecule has 0 saturated heterocycles. The van der Waals surface area contributed by atoms with Crippen LogP contribution in [0.4, 0.5) is 17.6 Å². The topological polar surface area (TPSA) is 9.23 Å². The van der Waals surface area contributed by atoms with Crippen LogP contribution < -0.4 is 0 Å². The predicted octanol–water partition coefficient (Wildman–Crippen LogP) is 8.43. The summed E-state index contributed by atoms with van der Waals surface area (Å²) in [7, 11) is 0. The zero-order valence-corrected chi connectivity index (χ0v) is 19.1. The number of allylic oxidation sites excluding steroid dienone is 2. The lowest BCUT2D eigenvalue weighted by atomic mass is 9.78.